The molecular formula is C17H18O. The molecule has 0 saturated carbocycles. The van der Waals surface area contributed by atoms with Crippen LogP contribution < -0.4 is 0 Å². The van der Waals surface area contributed by atoms with Crippen LogP contribution in [0, 0.1) is 13.8 Å². The first-order valence-corrected chi connectivity index (χ1v) is 6.22. The lowest BCUT2D eigenvalue weighted by atomic mass is 9.97. The van der Waals surface area contributed by atoms with E-state index in [1.54, 1.807) is 6.92 Å². The van der Waals surface area contributed by atoms with Crippen molar-refractivity contribution in [1.29, 1.82) is 0 Å². The van der Waals surface area contributed by atoms with Gasteiger partial charge >= 0.3 is 0 Å². The fraction of sp³-hybridized carbons (Fsp3) is 0.235. The maximum Gasteiger partial charge on any atom is 0.134 e. The van der Waals surface area contributed by atoms with Gasteiger partial charge in [0.15, 0.2) is 0 Å². The molecule has 0 aliphatic heterocycles. The van der Waals surface area contributed by atoms with Gasteiger partial charge < -0.3 is 0 Å². The van der Waals surface area contributed by atoms with Crippen molar-refractivity contribution in [3.63, 3.8) is 0 Å². The summed E-state index contributed by atoms with van der Waals surface area (Å²) in [6, 6.07) is 14.7. The first kappa shape index (κ1) is 12.6. The number of rotatable bonds is 3. The Morgan fingerprint density at radius 2 is 1.67 bits per heavy atom. The summed E-state index contributed by atoms with van der Waals surface area (Å²) < 4.78 is 0. The van der Waals surface area contributed by atoms with Crippen molar-refractivity contribution in [1.82, 2.24) is 0 Å². The molecule has 0 unspecified atom stereocenters. The third kappa shape index (κ3) is 2.86. The molecular weight excluding hydrogens is 220 g/mol. The highest BCUT2D eigenvalue weighted by atomic mass is 16.1. The van der Waals surface area contributed by atoms with Crippen molar-refractivity contribution < 1.29 is 4.79 Å². The first-order chi connectivity index (χ1) is 8.56. The van der Waals surface area contributed by atoms with Crippen LogP contribution in [0.3, 0.4) is 0 Å². The molecule has 0 amide bonds. The SMILES string of the molecule is CC(=O)Cc1ccc(-c2ccc(C)cc2C)cc1. The average Bonchev–Trinajstić information content (AvgIpc) is 2.30. The van der Waals surface area contributed by atoms with Crippen LogP contribution >= 0.6 is 0 Å². The summed E-state index contributed by atoms with van der Waals surface area (Å²) in [5.41, 5.74) is 6.12. The highest BCUT2D eigenvalue weighted by molar-refractivity contribution is 5.78. The van der Waals surface area contributed by atoms with E-state index in [1.165, 1.54) is 22.3 Å². The Morgan fingerprint density at radius 3 is 2.22 bits per heavy atom. The molecule has 0 radical (unpaired) electrons. The van der Waals surface area contributed by atoms with Gasteiger partial charge in [-0.15, -0.1) is 0 Å². The van der Waals surface area contributed by atoms with Crippen molar-refractivity contribution in [3.8, 4) is 11.1 Å². The highest BCUT2D eigenvalue weighted by Gasteiger charge is 2.03. The summed E-state index contributed by atoms with van der Waals surface area (Å²) in [7, 11) is 0. The van der Waals surface area contributed by atoms with Gasteiger partial charge in [0, 0.05) is 6.42 Å². The second-order valence-electron chi connectivity index (χ2n) is 4.89. The number of carbonyl (C=O) groups is 1. The second kappa shape index (κ2) is 5.18. The lowest BCUT2D eigenvalue weighted by molar-refractivity contribution is -0.116. The van der Waals surface area contributed by atoms with Gasteiger partial charge in [-0.2, -0.15) is 0 Å². The maximum absolute atomic E-state index is 11.1. The number of benzene rings is 2. The molecule has 0 heterocycles. The monoisotopic (exact) mass is 238 g/mol. The number of carbonyl (C=O) groups excluding carboxylic acids is 1. The summed E-state index contributed by atoms with van der Waals surface area (Å²) in [6.45, 7) is 5.86. The predicted octanol–water partition coefficient (Wildman–Crippen LogP) is 4.10. The molecule has 2 aromatic carbocycles. The Morgan fingerprint density at radius 1 is 1.00 bits per heavy atom. The Kier molecular flexibility index (Phi) is 3.61. The molecule has 0 aliphatic rings. The predicted molar refractivity (Wildman–Crippen MR) is 75.7 cm³/mol. The molecule has 2 rings (SSSR count). The van der Waals surface area contributed by atoms with E-state index < -0.39 is 0 Å². The van der Waals surface area contributed by atoms with E-state index >= 15 is 0 Å². The van der Waals surface area contributed by atoms with E-state index in [-0.39, 0.29) is 5.78 Å². The third-order valence-corrected chi connectivity index (χ3v) is 3.10. The molecule has 0 atom stereocenters. The van der Waals surface area contributed by atoms with Gasteiger partial charge in [0.25, 0.3) is 0 Å². The molecule has 0 N–H and O–H groups in total. The van der Waals surface area contributed by atoms with Crippen LogP contribution in [0.1, 0.15) is 23.6 Å². The molecule has 2 aromatic rings. The molecule has 0 aromatic heterocycles. The Balaban J connectivity index is 2.31. The highest BCUT2D eigenvalue weighted by Crippen LogP contribution is 2.24. The van der Waals surface area contributed by atoms with Crippen LogP contribution in [0.2, 0.25) is 0 Å². The standard InChI is InChI=1S/C17H18O/c1-12-4-9-17(13(2)10-12)16-7-5-15(6-8-16)11-14(3)18/h4-10H,11H2,1-3H3. The zero-order valence-electron chi connectivity index (χ0n) is 11.2. The van der Waals surface area contributed by atoms with Crippen LogP contribution in [0.25, 0.3) is 11.1 Å². The molecule has 0 spiro atoms. The van der Waals surface area contributed by atoms with Gasteiger partial charge in [0.05, 0.1) is 0 Å². The van der Waals surface area contributed by atoms with Crippen molar-refractivity contribution in [2.75, 3.05) is 0 Å². The summed E-state index contributed by atoms with van der Waals surface area (Å²) in [5.74, 6) is 0.203. The van der Waals surface area contributed by atoms with Gasteiger partial charge in [0.2, 0.25) is 0 Å². The van der Waals surface area contributed by atoms with Gasteiger partial charge in [-0.3, -0.25) is 4.79 Å². The number of Topliss-reactive ketones (excluding diaryl/α,β-unsaturated/α-hetero) is 1. The largest absolute Gasteiger partial charge is 0.300 e. The van der Waals surface area contributed by atoms with E-state index in [2.05, 4.69) is 44.2 Å². The van der Waals surface area contributed by atoms with Crippen molar-refractivity contribution in [2.24, 2.45) is 0 Å². The zero-order valence-corrected chi connectivity index (χ0v) is 11.2. The molecule has 1 heteroatoms. The zero-order chi connectivity index (χ0) is 13.1. The molecule has 18 heavy (non-hydrogen) atoms. The average molecular weight is 238 g/mol. The molecule has 0 fully saturated rings. The molecule has 0 aliphatic carbocycles. The summed E-state index contributed by atoms with van der Waals surface area (Å²) >= 11 is 0. The van der Waals surface area contributed by atoms with E-state index in [1.807, 2.05) is 12.1 Å². The number of ketones is 1. The fourth-order valence-electron chi connectivity index (χ4n) is 2.23. The Bertz CT molecular complexity index is 565. The minimum absolute atomic E-state index is 0.203. The second-order valence-corrected chi connectivity index (χ2v) is 4.89. The number of hydrogen-bond acceptors (Lipinski definition) is 1. The minimum atomic E-state index is 0.203. The summed E-state index contributed by atoms with van der Waals surface area (Å²) in [6.07, 6.45) is 0.521. The van der Waals surface area contributed by atoms with Crippen molar-refractivity contribution >= 4 is 5.78 Å². The Hall–Kier alpha value is -1.89. The normalized spacial score (nSPS) is 10.4. The van der Waals surface area contributed by atoms with Crippen molar-refractivity contribution in [2.45, 2.75) is 27.2 Å². The van der Waals surface area contributed by atoms with E-state index in [0.717, 1.165) is 5.56 Å². The topological polar surface area (TPSA) is 17.1 Å². The van der Waals surface area contributed by atoms with E-state index in [0.29, 0.717) is 6.42 Å². The fourth-order valence-corrected chi connectivity index (χ4v) is 2.23. The minimum Gasteiger partial charge on any atom is -0.300 e. The first-order valence-electron chi connectivity index (χ1n) is 6.22. The molecule has 1 nitrogen and oxygen atoms in total. The maximum atomic E-state index is 11.1. The number of aryl methyl sites for hydroxylation is 2. The van der Waals surface area contributed by atoms with Gasteiger partial charge in [0.1, 0.15) is 5.78 Å². The van der Waals surface area contributed by atoms with E-state index in [9.17, 15) is 4.79 Å². The number of hydrogen-bond donors (Lipinski definition) is 0. The van der Waals surface area contributed by atoms with Gasteiger partial charge in [-0.05, 0) is 43.0 Å². The van der Waals surface area contributed by atoms with Crippen LogP contribution in [-0.2, 0) is 11.2 Å². The quantitative estimate of drug-likeness (QED) is 0.786. The lowest BCUT2D eigenvalue weighted by Gasteiger charge is -2.08. The van der Waals surface area contributed by atoms with Crippen LogP contribution in [0.5, 0.6) is 0 Å². The van der Waals surface area contributed by atoms with Crippen LogP contribution in [0.4, 0.5) is 0 Å². The van der Waals surface area contributed by atoms with Crippen molar-refractivity contribution in [3.05, 3.63) is 59.2 Å². The van der Waals surface area contributed by atoms with E-state index in [4.69, 9.17) is 0 Å². The molecule has 0 saturated heterocycles. The molecule has 0 bridgehead atoms. The molecule has 92 valence electrons. The van der Waals surface area contributed by atoms with Gasteiger partial charge in [-0.1, -0.05) is 48.0 Å². The van der Waals surface area contributed by atoms with Crippen LogP contribution in [-0.4, -0.2) is 5.78 Å². The summed E-state index contributed by atoms with van der Waals surface area (Å²) in [5, 5.41) is 0. The third-order valence-electron chi connectivity index (χ3n) is 3.10. The summed E-state index contributed by atoms with van der Waals surface area (Å²) in [4.78, 5) is 11.1. The lowest BCUT2D eigenvalue weighted by Crippen LogP contribution is -1.95. The van der Waals surface area contributed by atoms with Gasteiger partial charge in [-0.25, -0.2) is 0 Å². The smallest absolute Gasteiger partial charge is 0.134 e. The Labute approximate surface area is 108 Å². The van der Waals surface area contributed by atoms with Crippen LogP contribution in [0.15, 0.2) is 42.5 Å².